The molecule has 1 aliphatic heterocycles. The van der Waals surface area contributed by atoms with Gasteiger partial charge in [-0.2, -0.15) is 5.26 Å². The van der Waals surface area contributed by atoms with Gasteiger partial charge >= 0.3 is 6.03 Å². The van der Waals surface area contributed by atoms with Crippen molar-refractivity contribution in [2.75, 3.05) is 36.4 Å². The van der Waals surface area contributed by atoms with Gasteiger partial charge in [0.2, 0.25) is 0 Å². The Hall–Kier alpha value is -2.52. The van der Waals surface area contributed by atoms with Crippen LogP contribution in [0.15, 0.2) is 53.0 Å². The van der Waals surface area contributed by atoms with Gasteiger partial charge < -0.3 is 15.1 Å². The second-order valence-corrected chi connectivity index (χ2v) is 6.49. The van der Waals surface area contributed by atoms with Crippen LogP contribution in [-0.4, -0.2) is 37.1 Å². The Morgan fingerprint density at radius 2 is 1.83 bits per heavy atom. The van der Waals surface area contributed by atoms with Crippen molar-refractivity contribution in [1.29, 1.82) is 5.26 Å². The summed E-state index contributed by atoms with van der Waals surface area (Å²) in [6.07, 6.45) is 0. The molecule has 3 rings (SSSR count). The average molecular weight is 385 g/mol. The molecular weight excluding hydrogens is 368 g/mol. The molecule has 1 aliphatic rings. The molecule has 5 nitrogen and oxygen atoms in total. The Bertz CT molecular complexity index is 779. The Morgan fingerprint density at radius 1 is 1.08 bits per heavy atom. The van der Waals surface area contributed by atoms with Gasteiger partial charge in [0, 0.05) is 42.0 Å². The summed E-state index contributed by atoms with van der Waals surface area (Å²) in [5.41, 5.74) is 2.46. The zero-order valence-electron chi connectivity index (χ0n) is 13.1. The predicted octanol–water partition coefficient (Wildman–Crippen LogP) is 3.67. The van der Waals surface area contributed by atoms with E-state index in [9.17, 15) is 4.79 Å². The van der Waals surface area contributed by atoms with Crippen LogP contribution in [0.4, 0.5) is 16.2 Å². The zero-order valence-corrected chi connectivity index (χ0v) is 14.7. The number of anilines is 2. The number of carbonyl (C=O) groups excluding carboxylic acids is 1. The van der Waals surface area contributed by atoms with E-state index in [0.717, 1.165) is 28.9 Å². The summed E-state index contributed by atoms with van der Waals surface area (Å²) in [5, 5.41) is 11.9. The van der Waals surface area contributed by atoms with Crippen LogP contribution in [0.1, 0.15) is 5.56 Å². The fourth-order valence-electron chi connectivity index (χ4n) is 2.71. The van der Waals surface area contributed by atoms with Crippen LogP contribution in [0.25, 0.3) is 0 Å². The first-order valence-electron chi connectivity index (χ1n) is 7.72. The normalized spacial score (nSPS) is 14.2. The largest absolute Gasteiger partial charge is 0.368 e. The van der Waals surface area contributed by atoms with E-state index >= 15 is 0 Å². The van der Waals surface area contributed by atoms with E-state index in [4.69, 9.17) is 5.26 Å². The number of rotatable bonds is 2. The molecule has 122 valence electrons. The minimum atomic E-state index is -0.0847. The number of piperazine rings is 1. The number of nitrogens with one attached hydrogen (secondary N) is 1. The molecule has 0 unspecified atom stereocenters. The Kier molecular flexibility index (Phi) is 5.02. The quantitative estimate of drug-likeness (QED) is 0.858. The maximum atomic E-state index is 12.4. The van der Waals surface area contributed by atoms with Crippen LogP contribution in [0.5, 0.6) is 0 Å². The van der Waals surface area contributed by atoms with Crippen LogP contribution >= 0.6 is 15.9 Å². The van der Waals surface area contributed by atoms with E-state index in [-0.39, 0.29) is 6.03 Å². The number of hydrogen-bond donors (Lipinski definition) is 1. The van der Waals surface area contributed by atoms with Crippen molar-refractivity contribution in [3.63, 3.8) is 0 Å². The number of benzene rings is 2. The van der Waals surface area contributed by atoms with Crippen molar-refractivity contribution in [2.45, 2.75) is 0 Å². The molecule has 2 amide bonds. The van der Waals surface area contributed by atoms with Crippen molar-refractivity contribution in [3.8, 4) is 6.07 Å². The second-order valence-electron chi connectivity index (χ2n) is 5.58. The summed E-state index contributed by atoms with van der Waals surface area (Å²) in [5.74, 6) is 0. The molecule has 0 bridgehead atoms. The molecular formula is C18H17BrN4O. The molecule has 0 aromatic heterocycles. The molecule has 0 saturated carbocycles. The summed E-state index contributed by atoms with van der Waals surface area (Å²) >= 11 is 3.40. The second kappa shape index (κ2) is 7.37. The highest BCUT2D eigenvalue weighted by molar-refractivity contribution is 9.10. The highest BCUT2D eigenvalue weighted by Gasteiger charge is 2.21. The standard InChI is InChI=1S/C18H17BrN4O/c19-15-4-2-5-16(12-15)21-18(24)23-9-7-22(8-10-23)17-6-1-3-14(11-17)13-20/h1-6,11-12H,7-10H2,(H,21,24). The van der Waals surface area contributed by atoms with Gasteiger partial charge in [0.25, 0.3) is 0 Å². The van der Waals surface area contributed by atoms with Gasteiger partial charge in [0.15, 0.2) is 0 Å². The summed E-state index contributed by atoms with van der Waals surface area (Å²) in [4.78, 5) is 16.4. The number of halogens is 1. The topological polar surface area (TPSA) is 59.4 Å². The van der Waals surface area contributed by atoms with Crippen LogP contribution in [-0.2, 0) is 0 Å². The minimum absolute atomic E-state index is 0.0847. The average Bonchev–Trinajstić information content (AvgIpc) is 2.62. The number of urea groups is 1. The van der Waals surface area contributed by atoms with E-state index in [1.165, 1.54) is 0 Å². The number of hydrogen-bond acceptors (Lipinski definition) is 3. The van der Waals surface area contributed by atoms with Gasteiger partial charge in [-0.3, -0.25) is 0 Å². The lowest BCUT2D eigenvalue weighted by Gasteiger charge is -2.36. The lowest BCUT2D eigenvalue weighted by molar-refractivity contribution is 0.208. The molecule has 1 heterocycles. The number of amides is 2. The highest BCUT2D eigenvalue weighted by Crippen LogP contribution is 2.19. The van der Waals surface area contributed by atoms with Crippen molar-refractivity contribution in [3.05, 3.63) is 58.6 Å². The molecule has 1 N–H and O–H groups in total. The Morgan fingerprint density at radius 3 is 2.54 bits per heavy atom. The lowest BCUT2D eigenvalue weighted by Crippen LogP contribution is -2.50. The van der Waals surface area contributed by atoms with Crippen LogP contribution in [0.3, 0.4) is 0 Å². The molecule has 6 heteroatoms. The molecule has 1 saturated heterocycles. The number of nitriles is 1. The summed E-state index contributed by atoms with van der Waals surface area (Å²) < 4.78 is 0.933. The van der Waals surface area contributed by atoms with Crippen LogP contribution in [0, 0.1) is 11.3 Å². The smallest absolute Gasteiger partial charge is 0.321 e. The van der Waals surface area contributed by atoms with Crippen molar-refractivity contribution < 1.29 is 4.79 Å². The van der Waals surface area contributed by atoms with Crippen molar-refractivity contribution in [1.82, 2.24) is 4.90 Å². The molecule has 2 aromatic rings. The van der Waals surface area contributed by atoms with Crippen molar-refractivity contribution >= 4 is 33.3 Å². The molecule has 0 aliphatic carbocycles. The monoisotopic (exact) mass is 384 g/mol. The summed E-state index contributed by atoms with van der Waals surface area (Å²) in [6, 6.07) is 17.2. The Balaban J connectivity index is 1.58. The van der Waals surface area contributed by atoms with Gasteiger partial charge in [-0.25, -0.2) is 4.79 Å². The fourth-order valence-corrected chi connectivity index (χ4v) is 3.11. The summed E-state index contributed by atoms with van der Waals surface area (Å²) in [6.45, 7) is 2.80. The number of carbonyl (C=O) groups is 1. The molecule has 0 spiro atoms. The lowest BCUT2D eigenvalue weighted by atomic mass is 10.2. The summed E-state index contributed by atoms with van der Waals surface area (Å²) in [7, 11) is 0. The zero-order chi connectivity index (χ0) is 16.9. The number of nitrogens with zero attached hydrogens (tertiary/aromatic N) is 3. The van der Waals surface area contributed by atoms with Crippen LogP contribution < -0.4 is 10.2 Å². The van der Waals surface area contributed by atoms with Gasteiger partial charge in [0.05, 0.1) is 11.6 Å². The van der Waals surface area contributed by atoms with E-state index in [1.807, 2.05) is 47.4 Å². The van der Waals surface area contributed by atoms with E-state index < -0.39 is 0 Å². The van der Waals surface area contributed by atoms with Gasteiger partial charge in [-0.05, 0) is 36.4 Å². The first-order chi connectivity index (χ1) is 11.7. The third-order valence-electron chi connectivity index (χ3n) is 3.98. The molecule has 0 radical (unpaired) electrons. The molecule has 24 heavy (non-hydrogen) atoms. The molecule has 2 aromatic carbocycles. The first-order valence-corrected chi connectivity index (χ1v) is 8.51. The van der Waals surface area contributed by atoms with Gasteiger partial charge in [-0.1, -0.05) is 28.1 Å². The predicted molar refractivity (Wildman–Crippen MR) is 98.1 cm³/mol. The van der Waals surface area contributed by atoms with Crippen LogP contribution in [0.2, 0.25) is 0 Å². The molecule has 0 atom stereocenters. The van der Waals surface area contributed by atoms with Gasteiger partial charge in [0.1, 0.15) is 0 Å². The van der Waals surface area contributed by atoms with E-state index in [0.29, 0.717) is 18.7 Å². The van der Waals surface area contributed by atoms with Gasteiger partial charge in [-0.15, -0.1) is 0 Å². The Labute approximate surface area is 149 Å². The van der Waals surface area contributed by atoms with E-state index in [2.05, 4.69) is 32.2 Å². The first kappa shape index (κ1) is 16.3. The minimum Gasteiger partial charge on any atom is -0.368 e. The third-order valence-corrected chi connectivity index (χ3v) is 4.48. The maximum absolute atomic E-state index is 12.4. The van der Waals surface area contributed by atoms with Crippen molar-refractivity contribution in [2.24, 2.45) is 0 Å². The highest BCUT2D eigenvalue weighted by atomic mass is 79.9. The molecule has 1 fully saturated rings. The fraction of sp³-hybridized carbons (Fsp3) is 0.222. The SMILES string of the molecule is N#Cc1cccc(N2CCN(C(=O)Nc3cccc(Br)c3)CC2)c1. The van der Waals surface area contributed by atoms with E-state index in [1.54, 1.807) is 6.07 Å². The maximum Gasteiger partial charge on any atom is 0.321 e. The third kappa shape index (κ3) is 3.87.